The summed E-state index contributed by atoms with van der Waals surface area (Å²) in [5, 5.41) is 8.86. The Labute approximate surface area is 121 Å². The van der Waals surface area contributed by atoms with Gasteiger partial charge in [0.05, 0.1) is 4.90 Å². The molecule has 1 amide bonds. The fourth-order valence-corrected chi connectivity index (χ4v) is 3.07. The Morgan fingerprint density at radius 2 is 1.90 bits per heavy atom. The van der Waals surface area contributed by atoms with E-state index in [1.807, 2.05) is 0 Å². The first-order valence-electron chi connectivity index (χ1n) is 5.38. The van der Waals surface area contributed by atoms with Crippen LogP contribution in [0.5, 0.6) is 0 Å². The molecule has 0 aliphatic heterocycles. The molecule has 7 nitrogen and oxygen atoms in total. The fourth-order valence-electron chi connectivity index (χ4n) is 1.38. The van der Waals surface area contributed by atoms with Crippen LogP contribution in [0.2, 0.25) is 5.02 Å². The van der Waals surface area contributed by atoms with Crippen LogP contribution in [-0.4, -0.2) is 42.8 Å². The standard InChI is InChI=1S/C11H13ClN2O5S/c1-6(11(16)17)14(2)20(18,19)9-4-7(10(13)15)3-8(12)5-9/h3-6H,1-2H3,(H2,13,15)(H,16,17). The number of primary amides is 1. The van der Waals surface area contributed by atoms with Crippen LogP contribution in [0.15, 0.2) is 23.1 Å². The molecule has 1 atom stereocenters. The van der Waals surface area contributed by atoms with E-state index in [1.165, 1.54) is 13.0 Å². The second kappa shape index (κ2) is 5.78. The van der Waals surface area contributed by atoms with E-state index >= 15 is 0 Å². The number of halogens is 1. The summed E-state index contributed by atoms with van der Waals surface area (Å²) in [6.07, 6.45) is 0. The van der Waals surface area contributed by atoms with Crippen LogP contribution in [0.3, 0.4) is 0 Å². The third-order valence-electron chi connectivity index (χ3n) is 2.74. The van der Waals surface area contributed by atoms with Gasteiger partial charge in [-0.3, -0.25) is 9.59 Å². The van der Waals surface area contributed by atoms with Crippen molar-refractivity contribution in [3.8, 4) is 0 Å². The molecule has 0 saturated carbocycles. The van der Waals surface area contributed by atoms with E-state index in [-0.39, 0.29) is 15.5 Å². The molecule has 0 saturated heterocycles. The molecule has 0 aromatic heterocycles. The number of carboxylic acids is 1. The van der Waals surface area contributed by atoms with Crippen molar-refractivity contribution < 1.29 is 23.1 Å². The maximum atomic E-state index is 12.3. The molecular formula is C11H13ClN2O5S. The van der Waals surface area contributed by atoms with E-state index in [0.717, 1.165) is 19.2 Å². The first kappa shape index (κ1) is 16.4. The average molecular weight is 321 g/mol. The van der Waals surface area contributed by atoms with E-state index in [9.17, 15) is 18.0 Å². The molecule has 3 N–H and O–H groups in total. The minimum Gasteiger partial charge on any atom is -0.480 e. The molecule has 0 aliphatic carbocycles. The highest BCUT2D eigenvalue weighted by Crippen LogP contribution is 2.22. The second-order valence-electron chi connectivity index (χ2n) is 4.08. The molecule has 0 aliphatic rings. The summed E-state index contributed by atoms with van der Waals surface area (Å²) < 4.78 is 25.2. The van der Waals surface area contributed by atoms with Crippen molar-refractivity contribution >= 4 is 33.5 Å². The molecule has 0 fully saturated rings. The number of carboxylic acid groups (broad SMARTS) is 1. The first-order valence-corrected chi connectivity index (χ1v) is 7.20. The van der Waals surface area contributed by atoms with Crippen LogP contribution in [-0.2, 0) is 14.8 Å². The number of aliphatic carboxylic acids is 1. The zero-order chi connectivity index (χ0) is 15.7. The smallest absolute Gasteiger partial charge is 0.321 e. The zero-order valence-corrected chi connectivity index (χ0v) is 12.3. The monoisotopic (exact) mass is 320 g/mol. The number of benzene rings is 1. The Morgan fingerprint density at radius 3 is 2.35 bits per heavy atom. The SMILES string of the molecule is CC(C(=O)O)N(C)S(=O)(=O)c1cc(Cl)cc(C(N)=O)c1. The summed E-state index contributed by atoms with van der Waals surface area (Å²) in [5.41, 5.74) is 5.00. The van der Waals surface area contributed by atoms with E-state index in [4.69, 9.17) is 22.4 Å². The van der Waals surface area contributed by atoms with E-state index in [1.54, 1.807) is 0 Å². The molecule has 1 unspecified atom stereocenters. The summed E-state index contributed by atoms with van der Waals surface area (Å²) in [5.74, 6) is -2.13. The van der Waals surface area contributed by atoms with Crippen molar-refractivity contribution in [3.05, 3.63) is 28.8 Å². The van der Waals surface area contributed by atoms with Crippen molar-refractivity contribution in [3.63, 3.8) is 0 Å². The highest BCUT2D eigenvalue weighted by Gasteiger charge is 2.30. The number of hydrogen-bond acceptors (Lipinski definition) is 4. The van der Waals surface area contributed by atoms with Crippen LogP contribution in [0.4, 0.5) is 0 Å². The lowest BCUT2D eigenvalue weighted by Crippen LogP contribution is -2.40. The van der Waals surface area contributed by atoms with Crippen LogP contribution in [0.25, 0.3) is 0 Å². The summed E-state index contributed by atoms with van der Waals surface area (Å²) in [4.78, 5) is 21.7. The van der Waals surface area contributed by atoms with Crippen LogP contribution in [0, 0.1) is 0 Å². The molecule has 0 spiro atoms. The van der Waals surface area contributed by atoms with Gasteiger partial charge in [0, 0.05) is 17.6 Å². The normalized spacial score (nSPS) is 13.2. The van der Waals surface area contributed by atoms with Gasteiger partial charge in [0.25, 0.3) is 0 Å². The minimum absolute atomic E-state index is 0.0104. The number of nitrogens with zero attached hydrogens (tertiary/aromatic N) is 1. The topological polar surface area (TPSA) is 118 Å². The number of rotatable bonds is 5. The molecule has 1 aromatic rings. The van der Waals surface area contributed by atoms with E-state index < -0.39 is 27.9 Å². The van der Waals surface area contributed by atoms with Crippen LogP contribution >= 0.6 is 11.6 Å². The Kier molecular flexibility index (Phi) is 4.74. The Bertz CT molecular complexity index is 659. The number of sulfonamides is 1. The maximum absolute atomic E-state index is 12.3. The lowest BCUT2D eigenvalue weighted by molar-refractivity contribution is -0.140. The van der Waals surface area contributed by atoms with Gasteiger partial charge in [0.2, 0.25) is 15.9 Å². The summed E-state index contributed by atoms with van der Waals surface area (Å²) in [6, 6.07) is 2.13. The Hall–Kier alpha value is -1.64. The Morgan fingerprint density at radius 1 is 1.35 bits per heavy atom. The summed E-state index contributed by atoms with van der Waals surface area (Å²) in [6.45, 7) is 1.22. The van der Waals surface area contributed by atoms with Gasteiger partial charge in [-0.2, -0.15) is 4.31 Å². The minimum atomic E-state index is -4.10. The van der Waals surface area contributed by atoms with Gasteiger partial charge >= 0.3 is 5.97 Å². The van der Waals surface area contributed by atoms with Crippen molar-refractivity contribution in [2.45, 2.75) is 17.9 Å². The number of carbonyl (C=O) groups is 2. The summed E-state index contributed by atoms with van der Waals surface area (Å²) >= 11 is 5.74. The Balaban J connectivity index is 3.36. The lowest BCUT2D eigenvalue weighted by Gasteiger charge is -2.21. The molecule has 0 radical (unpaired) electrons. The highest BCUT2D eigenvalue weighted by atomic mass is 35.5. The number of hydrogen-bond donors (Lipinski definition) is 2. The number of carbonyl (C=O) groups excluding carboxylic acids is 1. The van der Waals surface area contributed by atoms with Gasteiger partial charge in [-0.25, -0.2) is 8.42 Å². The number of nitrogens with two attached hydrogens (primary N) is 1. The number of amides is 1. The van der Waals surface area contributed by atoms with Crippen LogP contribution < -0.4 is 5.73 Å². The molecule has 9 heteroatoms. The highest BCUT2D eigenvalue weighted by molar-refractivity contribution is 7.89. The summed E-state index contributed by atoms with van der Waals surface area (Å²) in [7, 11) is -2.98. The van der Waals surface area contributed by atoms with Gasteiger partial charge in [0.1, 0.15) is 6.04 Å². The fraction of sp³-hybridized carbons (Fsp3) is 0.273. The van der Waals surface area contributed by atoms with Gasteiger partial charge in [-0.1, -0.05) is 11.6 Å². The van der Waals surface area contributed by atoms with Crippen molar-refractivity contribution in [1.29, 1.82) is 0 Å². The van der Waals surface area contributed by atoms with Gasteiger partial charge < -0.3 is 10.8 Å². The first-order chi connectivity index (χ1) is 9.07. The van der Waals surface area contributed by atoms with Crippen molar-refractivity contribution in [1.82, 2.24) is 4.31 Å². The van der Waals surface area contributed by atoms with Gasteiger partial charge in [-0.15, -0.1) is 0 Å². The average Bonchev–Trinajstić information content (AvgIpc) is 2.35. The van der Waals surface area contributed by atoms with Gasteiger partial charge in [-0.05, 0) is 25.1 Å². The lowest BCUT2D eigenvalue weighted by atomic mass is 10.2. The molecule has 1 aromatic carbocycles. The third-order valence-corrected chi connectivity index (χ3v) is 4.86. The largest absolute Gasteiger partial charge is 0.480 e. The third kappa shape index (κ3) is 3.27. The van der Waals surface area contributed by atoms with E-state index in [2.05, 4.69) is 0 Å². The van der Waals surface area contributed by atoms with E-state index in [0.29, 0.717) is 4.31 Å². The predicted octanol–water partition coefficient (Wildman–Crippen LogP) is 0.533. The second-order valence-corrected chi connectivity index (χ2v) is 6.51. The van der Waals surface area contributed by atoms with Crippen LogP contribution in [0.1, 0.15) is 17.3 Å². The molecule has 0 heterocycles. The maximum Gasteiger partial charge on any atom is 0.321 e. The molecule has 1 rings (SSSR count). The quantitative estimate of drug-likeness (QED) is 0.820. The van der Waals surface area contributed by atoms with Crippen molar-refractivity contribution in [2.75, 3.05) is 7.05 Å². The predicted molar refractivity (Wildman–Crippen MR) is 72.0 cm³/mol. The molecular weight excluding hydrogens is 308 g/mol. The zero-order valence-electron chi connectivity index (χ0n) is 10.7. The number of likely N-dealkylation sites (N-methyl/N-ethyl adjacent to an activating group) is 1. The van der Waals surface area contributed by atoms with Crippen molar-refractivity contribution in [2.24, 2.45) is 5.73 Å². The molecule has 0 bridgehead atoms. The molecule has 20 heavy (non-hydrogen) atoms. The van der Waals surface area contributed by atoms with Gasteiger partial charge in [0.15, 0.2) is 0 Å². The molecule has 110 valence electrons.